The number of thioether (sulfide) groups is 1. The Kier molecular flexibility index (Phi) is 6.07. The molecule has 1 aromatic heterocycles. The summed E-state index contributed by atoms with van der Waals surface area (Å²) in [6.45, 7) is 14.0. The third kappa shape index (κ3) is 5.37. The molecule has 0 aliphatic rings. The fourth-order valence-electron chi connectivity index (χ4n) is 1.67. The van der Waals surface area contributed by atoms with E-state index in [1.165, 1.54) is 0 Å². The first-order valence-electron chi connectivity index (χ1n) is 6.87. The number of hydrogen-bond acceptors (Lipinski definition) is 5. The molecule has 0 spiro atoms. The molecule has 2 N–H and O–H groups in total. The van der Waals surface area contributed by atoms with Crippen LogP contribution in [-0.4, -0.2) is 40.3 Å². The lowest BCUT2D eigenvalue weighted by atomic mass is 9.96. The summed E-state index contributed by atoms with van der Waals surface area (Å²) in [6, 6.07) is 1.86. The third-order valence-corrected chi connectivity index (χ3v) is 3.84. The number of anilines is 1. The van der Waals surface area contributed by atoms with Crippen LogP contribution in [0.25, 0.3) is 0 Å². The van der Waals surface area contributed by atoms with Crippen LogP contribution in [0.5, 0.6) is 0 Å². The number of nitrogens with zero attached hydrogens (tertiary/aromatic N) is 3. The average molecular weight is 282 g/mol. The van der Waals surface area contributed by atoms with E-state index in [9.17, 15) is 0 Å². The molecular formula is C14H26N4S. The Bertz CT molecular complexity index is 397. The van der Waals surface area contributed by atoms with E-state index in [2.05, 4.69) is 49.5 Å². The summed E-state index contributed by atoms with van der Waals surface area (Å²) < 4.78 is 0. The number of aromatic nitrogens is 2. The number of nitrogens with two attached hydrogens (primary N) is 1. The second kappa shape index (κ2) is 7.10. The minimum atomic E-state index is -0.0659. The Morgan fingerprint density at radius 1 is 1.21 bits per heavy atom. The maximum atomic E-state index is 5.87. The molecule has 1 heterocycles. The first-order valence-corrected chi connectivity index (χ1v) is 7.85. The molecule has 0 aliphatic heterocycles. The van der Waals surface area contributed by atoms with Gasteiger partial charge in [-0.15, -0.1) is 11.8 Å². The van der Waals surface area contributed by atoms with Gasteiger partial charge in [-0.2, -0.15) is 0 Å². The van der Waals surface area contributed by atoms with Crippen molar-refractivity contribution in [3.8, 4) is 0 Å². The van der Waals surface area contributed by atoms with Crippen LogP contribution < -0.4 is 5.73 Å². The normalized spacial score (nSPS) is 12.1. The highest BCUT2D eigenvalue weighted by molar-refractivity contribution is 7.99. The van der Waals surface area contributed by atoms with Crippen LogP contribution in [0.3, 0.4) is 0 Å². The van der Waals surface area contributed by atoms with Crippen LogP contribution in [0, 0.1) is 0 Å². The SMILES string of the molecule is CCN(CC)CCSc1cc(N)nc(C(C)(C)C)n1. The van der Waals surface area contributed by atoms with Crippen LogP contribution in [-0.2, 0) is 5.41 Å². The van der Waals surface area contributed by atoms with Gasteiger partial charge in [0.05, 0.1) is 0 Å². The standard InChI is InChI=1S/C14H26N4S/c1-6-18(7-2)8-9-19-12-10-11(15)16-13(17-12)14(3,4)5/h10H,6-9H2,1-5H3,(H2,15,16,17). The lowest BCUT2D eigenvalue weighted by Gasteiger charge is -2.19. The Labute approximate surface area is 121 Å². The van der Waals surface area contributed by atoms with Gasteiger partial charge in [0.2, 0.25) is 0 Å². The van der Waals surface area contributed by atoms with E-state index in [0.717, 1.165) is 36.2 Å². The van der Waals surface area contributed by atoms with Gasteiger partial charge in [0, 0.05) is 23.8 Å². The average Bonchev–Trinajstić information content (AvgIpc) is 2.33. The zero-order chi connectivity index (χ0) is 14.5. The molecule has 0 saturated carbocycles. The topological polar surface area (TPSA) is 55.0 Å². The Balaban J connectivity index is 2.66. The highest BCUT2D eigenvalue weighted by atomic mass is 32.2. The predicted molar refractivity (Wildman–Crippen MR) is 83.7 cm³/mol. The van der Waals surface area contributed by atoms with Gasteiger partial charge in [0.25, 0.3) is 0 Å². The molecule has 1 rings (SSSR count). The van der Waals surface area contributed by atoms with Gasteiger partial charge in [-0.25, -0.2) is 9.97 Å². The molecule has 0 bridgehead atoms. The minimum Gasteiger partial charge on any atom is -0.384 e. The van der Waals surface area contributed by atoms with Crippen molar-refractivity contribution < 1.29 is 0 Å². The van der Waals surface area contributed by atoms with Crippen molar-refractivity contribution in [1.82, 2.24) is 14.9 Å². The smallest absolute Gasteiger partial charge is 0.137 e. The van der Waals surface area contributed by atoms with Crippen LogP contribution >= 0.6 is 11.8 Å². The molecule has 5 heteroatoms. The first-order chi connectivity index (χ1) is 8.86. The van der Waals surface area contributed by atoms with Gasteiger partial charge >= 0.3 is 0 Å². The fourth-order valence-corrected chi connectivity index (χ4v) is 2.58. The van der Waals surface area contributed by atoms with Crippen molar-refractivity contribution in [2.75, 3.05) is 31.1 Å². The van der Waals surface area contributed by atoms with Crippen LogP contribution in [0.15, 0.2) is 11.1 Å². The highest BCUT2D eigenvalue weighted by Gasteiger charge is 2.18. The molecule has 0 radical (unpaired) electrons. The molecule has 1 aromatic rings. The predicted octanol–water partition coefficient (Wildman–Crippen LogP) is 2.79. The maximum absolute atomic E-state index is 5.87. The monoisotopic (exact) mass is 282 g/mol. The van der Waals surface area contributed by atoms with Gasteiger partial charge < -0.3 is 10.6 Å². The zero-order valence-corrected chi connectivity index (χ0v) is 13.5. The molecule has 0 amide bonds. The molecule has 0 fully saturated rings. The molecule has 108 valence electrons. The van der Waals surface area contributed by atoms with Crippen molar-refractivity contribution >= 4 is 17.6 Å². The maximum Gasteiger partial charge on any atom is 0.137 e. The Morgan fingerprint density at radius 2 is 1.84 bits per heavy atom. The molecule has 0 saturated heterocycles. The Hall–Kier alpha value is -0.810. The molecule has 0 aliphatic carbocycles. The van der Waals surface area contributed by atoms with Crippen molar-refractivity contribution in [1.29, 1.82) is 0 Å². The van der Waals surface area contributed by atoms with E-state index < -0.39 is 0 Å². The third-order valence-electron chi connectivity index (χ3n) is 2.95. The minimum absolute atomic E-state index is 0.0659. The quantitative estimate of drug-likeness (QED) is 0.642. The van der Waals surface area contributed by atoms with Crippen LogP contribution in [0.4, 0.5) is 5.82 Å². The number of nitrogen functional groups attached to an aromatic ring is 1. The number of hydrogen-bond donors (Lipinski definition) is 1. The van der Waals surface area contributed by atoms with E-state index in [0.29, 0.717) is 5.82 Å². The van der Waals surface area contributed by atoms with Gasteiger partial charge in [0.15, 0.2) is 0 Å². The summed E-state index contributed by atoms with van der Waals surface area (Å²) in [5.41, 5.74) is 5.80. The second-order valence-corrected chi connectivity index (χ2v) is 6.70. The largest absolute Gasteiger partial charge is 0.384 e. The lowest BCUT2D eigenvalue weighted by molar-refractivity contribution is 0.324. The summed E-state index contributed by atoms with van der Waals surface area (Å²) in [7, 11) is 0. The van der Waals surface area contributed by atoms with Crippen molar-refractivity contribution in [2.45, 2.75) is 45.1 Å². The van der Waals surface area contributed by atoms with E-state index in [4.69, 9.17) is 5.73 Å². The van der Waals surface area contributed by atoms with Crippen molar-refractivity contribution in [2.24, 2.45) is 0 Å². The molecule has 0 aromatic carbocycles. The molecule has 4 nitrogen and oxygen atoms in total. The summed E-state index contributed by atoms with van der Waals surface area (Å²) in [5, 5.41) is 0.976. The first kappa shape index (κ1) is 16.2. The summed E-state index contributed by atoms with van der Waals surface area (Å²) >= 11 is 1.75. The van der Waals surface area contributed by atoms with Gasteiger partial charge in [0.1, 0.15) is 16.7 Å². The van der Waals surface area contributed by atoms with Gasteiger partial charge in [-0.3, -0.25) is 0 Å². The van der Waals surface area contributed by atoms with Gasteiger partial charge in [-0.1, -0.05) is 34.6 Å². The second-order valence-electron chi connectivity index (χ2n) is 5.58. The molecule has 0 atom stereocenters. The molecule has 0 unspecified atom stereocenters. The number of rotatable bonds is 6. The summed E-state index contributed by atoms with van der Waals surface area (Å²) in [4.78, 5) is 11.3. The van der Waals surface area contributed by atoms with Crippen molar-refractivity contribution in [3.05, 3.63) is 11.9 Å². The molecule has 19 heavy (non-hydrogen) atoms. The van der Waals surface area contributed by atoms with E-state index >= 15 is 0 Å². The Morgan fingerprint density at radius 3 is 2.37 bits per heavy atom. The highest BCUT2D eigenvalue weighted by Crippen LogP contribution is 2.23. The van der Waals surface area contributed by atoms with Crippen molar-refractivity contribution in [3.63, 3.8) is 0 Å². The van der Waals surface area contributed by atoms with E-state index in [1.807, 2.05) is 6.07 Å². The van der Waals surface area contributed by atoms with Crippen LogP contribution in [0.1, 0.15) is 40.4 Å². The zero-order valence-electron chi connectivity index (χ0n) is 12.7. The van der Waals surface area contributed by atoms with E-state index in [1.54, 1.807) is 11.8 Å². The summed E-state index contributed by atoms with van der Waals surface area (Å²) in [6.07, 6.45) is 0. The fraction of sp³-hybridized carbons (Fsp3) is 0.714. The van der Waals surface area contributed by atoms with Gasteiger partial charge in [-0.05, 0) is 13.1 Å². The summed E-state index contributed by atoms with van der Waals surface area (Å²) in [5.74, 6) is 2.41. The van der Waals surface area contributed by atoms with E-state index in [-0.39, 0.29) is 5.41 Å². The molecular weight excluding hydrogens is 256 g/mol. The lowest BCUT2D eigenvalue weighted by Crippen LogP contribution is -2.25. The van der Waals surface area contributed by atoms with Crippen LogP contribution in [0.2, 0.25) is 0 Å².